The SMILES string of the molecule is COc1ccccc1OCCC(=O)NC[C@@H]1CCCN(C(C)C)C1. The molecule has 0 aliphatic carbocycles. The van der Waals surface area contributed by atoms with Gasteiger partial charge in [-0.25, -0.2) is 0 Å². The van der Waals surface area contributed by atoms with Crippen molar-refractivity contribution in [1.29, 1.82) is 0 Å². The predicted octanol–water partition coefficient (Wildman–Crippen LogP) is 2.70. The van der Waals surface area contributed by atoms with Crippen molar-refractivity contribution in [3.8, 4) is 11.5 Å². The normalized spacial score (nSPS) is 18.4. The molecule has 1 amide bonds. The maximum absolute atomic E-state index is 12.0. The first-order chi connectivity index (χ1) is 11.6. The first-order valence-corrected chi connectivity index (χ1v) is 8.86. The smallest absolute Gasteiger partial charge is 0.223 e. The van der Waals surface area contributed by atoms with E-state index in [4.69, 9.17) is 9.47 Å². The van der Waals surface area contributed by atoms with Gasteiger partial charge in [-0.15, -0.1) is 0 Å². The van der Waals surface area contributed by atoms with Gasteiger partial charge in [-0.2, -0.15) is 0 Å². The Morgan fingerprint density at radius 2 is 2.08 bits per heavy atom. The Hall–Kier alpha value is -1.75. The molecule has 5 nitrogen and oxygen atoms in total. The molecule has 1 N–H and O–H groups in total. The minimum absolute atomic E-state index is 0.0477. The highest BCUT2D eigenvalue weighted by Gasteiger charge is 2.21. The van der Waals surface area contributed by atoms with Crippen molar-refractivity contribution in [2.24, 2.45) is 5.92 Å². The van der Waals surface area contributed by atoms with Gasteiger partial charge in [-0.05, 0) is 51.3 Å². The van der Waals surface area contributed by atoms with Crippen molar-refractivity contribution < 1.29 is 14.3 Å². The van der Waals surface area contributed by atoms with Crippen LogP contribution in [0.15, 0.2) is 24.3 Å². The zero-order chi connectivity index (χ0) is 17.4. The van der Waals surface area contributed by atoms with Crippen LogP contribution < -0.4 is 14.8 Å². The van der Waals surface area contributed by atoms with Crippen LogP contribution in [-0.4, -0.2) is 50.2 Å². The van der Waals surface area contributed by atoms with Gasteiger partial charge in [0, 0.05) is 19.1 Å². The van der Waals surface area contributed by atoms with Crippen LogP contribution in [0.2, 0.25) is 0 Å². The summed E-state index contributed by atoms with van der Waals surface area (Å²) in [6.45, 7) is 7.84. The number of carbonyl (C=O) groups excluding carboxylic acids is 1. The molecule has 1 atom stereocenters. The molecular weight excluding hydrogens is 304 g/mol. The third kappa shape index (κ3) is 5.71. The van der Waals surface area contributed by atoms with E-state index in [-0.39, 0.29) is 5.91 Å². The molecule has 1 aliphatic rings. The van der Waals surface area contributed by atoms with Crippen LogP contribution in [0.5, 0.6) is 11.5 Å². The summed E-state index contributed by atoms with van der Waals surface area (Å²) in [5.74, 6) is 1.97. The molecule has 0 radical (unpaired) electrons. The highest BCUT2D eigenvalue weighted by Crippen LogP contribution is 2.25. The fourth-order valence-electron chi connectivity index (χ4n) is 3.07. The van der Waals surface area contributed by atoms with E-state index >= 15 is 0 Å². The number of likely N-dealkylation sites (tertiary alicyclic amines) is 1. The number of ether oxygens (including phenoxy) is 2. The van der Waals surface area contributed by atoms with Gasteiger partial charge in [-0.3, -0.25) is 4.79 Å². The monoisotopic (exact) mass is 334 g/mol. The topological polar surface area (TPSA) is 50.8 Å². The highest BCUT2D eigenvalue weighted by atomic mass is 16.5. The second kappa shape index (κ2) is 9.52. The second-order valence-corrected chi connectivity index (χ2v) is 6.65. The molecule has 134 valence electrons. The summed E-state index contributed by atoms with van der Waals surface area (Å²) >= 11 is 0. The van der Waals surface area contributed by atoms with Gasteiger partial charge in [0.1, 0.15) is 0 Å². The van der Waals surface area contributed by atoms with Crippen molar-refractivity contribution in [2.75, 3.05) is 33.4 Å². The van der Waals surface area contributed by atoms with Crippen LogP contribution >= 0.6 is 0 Å². The van der Waals surface area contributed by atoms with Gasteiger partial charge in [-0.1, -0.05) is 12.1 Å². The molecule has 1 saturated heterocycles. The van der Waals surface area contributed by atoms with Crippen molar-refractivity contribution in [1.82, 2.24) is 10.2 Å². The fraction of sp³-hybridized carbons (Fsp3) is 0.632. The molecule has 24 heavy (non-hydrogen) atoms. The van der Waals surface area contributed by atoms with E-state index in [0.29, 0.717) is 36.5 Å². The van der Waals surface area contributed by atoms with Crippen LogP contribution in [0, 0.1) is 5.92 Å². The zero-order valence-corrected chi connectivity index (χ0v) is 15.1. The Kier molecular flexibility index (Phi) is 7.37. The molecule has 0 bridgehead atoms. The second-order valence-electron chi connectivity index (χ2n) is 6.65. The molecule has 1 fully saturated rings. The fourth-order valence-corrected chi connectivity index (χ4v) is 3.07. The van der Waals surface area contributed by atoms with Crippen LogP contribution in [-0.2, 0) is 4.79 Å². The number of para-hydroxylation sites is 2. The summed E-state index contributed by atoms with van der Waals surface area (Å²) in [6, 6.07) is 8.06. The van der Waals surface area contributed by atoms with Gasteiger partial charge in [0.2, 0.25) is 5.91 Å². The van der Waals surface area contributed by atoms with Crippen molar-refractivity contribution in [3.63, 3.8) is 0 Å². The van der Waals surface area contributed by atoms with Crippen LogP contribution in [0.1, 0.15) is 33.1 Å². The average molecular weight is 334 g/mol. The molecule has 0 spiro atoms. The van der Waals surface area contributed by atoms with Gasteiger partial charge in [0.05, 0.1) is 20.1 Å². The summed E-state index contributed by atoms with van der Waals surface area (Å²) < 4.78 is 10.9. The Morgan fingerprint density at radius 3 is 2.79 bits per heavy atom. The van der Waals surface area contributed by atoms with E-state index < -0.39 is 0 Å². The Morgan fingerprint density at radius 1 is 1.33 bits per heavy atom. The minimum Gasteiger partial charge on any atom is -0.493 e. The van der Waals surface area contributed by atoms with Gasteiger partial charge in [0.25, 0.3) is 0 Å². The van der Waals surface area contributed by atoms with Crippen molar-refractivity contribution in [2.45, 2.75) is 39.2 Å². The van der Waals surface area contributed by atoms with Crippen molar-refractivity contribution in [3.05, 3.63) is 24.3 Å². The molecular formula is C19H30N2O3. The van der Waals surface area contributed by atoms with E-state index in [9.17, 15) is 4.79 Å². The number of hydrogen-bond acceptors (Lipinski definition) is 4. The Labute approximate surface area is 145 Å². The quantitative estimate of drug-likeness (QED) is 0.794. The summed E-state index contributed by atoms with van der Waals surface area (Å²) in [5, 5.41) is 3.05. The molecule has 0 saturated carbocycles. The van der Waals surface area contributed by atoms with E-state index in [1.54, 1.807) is 7.11 Å². The first-order valence-electron chi connectivity index (χ1n) is 8.86. The standard InChI is InChI=1S/C19H30N2O3/c1-15(2)21-11-6-7-16(14-21)13-20-19(22)10-12-24-18-9-5-4-8-17(18)23-3/h4-5,8-9,15-16H,6-7,10-14H2,1-3H3,(H,20,22)/t16-/m0/s1. The lowest BCUT2D eigenvalue weighted by Gasteiger charge is -2.35. The molecule has 1 aromatic carbocycles. The lowest BCUT2D eigenvalue weighted by Crippen LogP contribution is -2.43. The number of rotatable bonds is 8. The van der Waals surface area contributed by atoms with Crippen molar-refractivity contribution >= 4 is 5.91 Å². The number of benzene rings is 1. The summed E-state index contributed by atoms with van der Waals surface area (Å²) in [7, 11) is 1.61. The molecule has 2 rings (SSSR count). The number of piperidine rings is 1. The minimum atomic E-state index is 0.0477. The van der Waals surface area contributed by atoms with Gasteiger partial charge < -0.3 is 19.7 Å². The molecule has 5 heteroatoms. The van der Waals surface area contributed by atoms with Crippen LogP contribution in [0.25, 0.3) is 0 Å². The highest BCUT2D eigenvalue weighted by molar-refractivity contribution is 5.76. The van der Waals surface area contributed by atoms with E-state index in [2.05, 4.69) is 24.1 Å². The zero-order valence-electron chi connectivity index (χ0n) is 15.1. The summed E-state index contributed by atoms with van der Waals surface area (Å²) in [6.07, 6.45) is 2.77. The number of carbonyl (C=O) groups is 1. The van der Waals surface area contributed by atoms with E-state index in [1.807, 2.05) is 24.3 Å². The molecule has 0 unspecified atom stereocenters. The first kappa shape index (κ1) is 18.6. The maximum atomic E-state index is 12.0. The van der Waals surface area contributed by atoms with E-state index in [0.717, 1.165) is 13.1 Å². The predicted molar refractivity (Wildman–Crippen MR) is 95.5 cm³/mol. The molecule has 0 aromatic heterocycles. The average Bonchev–Trinajstić information content (AvgIpc) is 2.60. The van der Waals surface area contributed by atoms with Crippen LogP contribution in [0.4, 0.5) is 0 Å². The number of nitrogens with one attached hydrogen (secondary N) is 1. The molecule has 1 aliphatic heterocycles. The molecule has 1 heterocycles. The number of nitrogens with zero attached hydrogens (tertiary/aromatic N) is 1. The lowest BCUT2D eigenvalue weighted by atomic mass is 9.97. The summed E-state index contributed by atoms with van der Waals surface area (Å²) in [4.78, 5) is 14.5. The van der Waals surface area contributed by atoms with E-state index in [1.165, 1.54) is 19.4 Å². The Bertz CT molecular complexity index is 519. The summed E-state index contributed by atoms with van der Waals surface area (Å²) in [5.41, 5.74) is 0. The van der Waals surface area contributed by atoms with Gasteiger partial charge >= 0.3 is 0 Å². The third-order valence-corrected chi connectivity index (χ3v) is 4.52. The Balaban J connectivity index is 1.66. The van der Waals surface area contributed by atoms with Gasteiger partial charge in [0.15, 0.2) is 11.5 Å². The third-order valence-electron chi connectivity index (χ3n) is 4.52. The number of methoxy groups -OCH3 is 1. The molecule has 1 aromatic rings. The number of hydrogen-bond donors (Lipinski definition) is 1. The van der Waals surface area contributed by atoms with Crippen LogP contribution in [0.3, 0.4) is 0 Å². The largest absolute Gasteiger partial charge is 0.493 e. The lowest BCUT2D eigenvalue weighted by molar-refractivity contribution is -0.121. The maximum Gasteiger partial charge on any atom is 0.223 e. The number of amides is 1.